The van der Waals surface area contributed by atoms with Crippen molar-refractivity contribution in [3.05, 3.63) is 41.7 Å². The van der Waals surface area contributed by atoms with Crippen molar-refractivity contribution >= 4 is 38.5 Å². The average molecular weight is 653 g/mol. The second-order valence-corrected chi connectivity index (χ2v) is 17.3. The first-order chi connectivity index (χ1) is 21.4. The number of nitrogens with one attached hydrogen (secondary N) is 1. The van der Waals surface area contributed by atoms with Gasteiger partial charge in [0.25, 0.3) is 0 Å². The number of nitrogens with zero attached hydrogens (tertiary/aromatic N) is 3. The van der Waals surface area contributed by atoms with E-state index in [1.54, 1.807) is 11.0 Å². The van der Waals surface area contributed by atoms with Crippen molar-refractivity contribution < 1.29 is 27.5 Å². The highest BCUT2D eigenvalue weighted by Crippen LogP contribution is 2.57. The minimum atomic E-state index is -3.89. The standard InChI is InChI=1S/C35H48N4O6S/c1-10-24-16-35(24,33(42)38-46(43,44)19(2)3)17-29(40)28-15-25(18-39(28)32(41)22(6)34(7,8)9)45-31-26-13-20(4)21(5)14-27(26)36-30(37-31)23-11-12-23/h10,13-14,19,22-25,28H,1,11-12,15-18H2,2-9H3,(H,38,42)/t22-,24?,25-,28?,35?/m1/s1. The maximum atomic E-state index is 14.2. The molecule has 10 nitrogen and oxygen atoms in total. The Balaban J connectivity index is 1.45. The minimum Gasteiger partial charge on any atom is -0.472 e. The van der Waals surface area contributed by atoms with E-state index in [2.05, 4.69) is 11.3 Å². The number of rotatable bonds is 11. The third-order valence-electron chi connectivity index (χ3n) is 10.3. The molecule has 2 aliphatic carbocycles. The van der Waals surface area contributed by atoms with Gasteiger partial charge in [-0.25, -0.2) is 13.4 Å². The molecule has 2 amide bonds. The Kier molecular flexibility index (Phi) is 8.89. The van der Waals surface area contributed by atoms with Crippen LogP contribution in [-0.2, 0) is 24.4 Å². The topological polar surface area (TPSA) is 136 Å². The number of amides is 2. The smallest absolute Gasteiger partial charge is 0.240 e. The number of carbonyl (C=O) groups excluding carboxylic acids is 3. The van der Waals surface area contributed by atoms with Gasteiger partial charge in [-0.05, 0) is 81.5 Å². The van der Waals surface area contributed by atoms with Crippen LogP contribution in [0.25, 0.3) is 10.9 Å². The normalized spacial score (nSPS) is 25.4. The molecule has 1 N–H and O–H groups in total. The van der Waals surface area contributed by atoms with Crippen molar-refractivity contribution in [1.29, 1.82) is 0 Å². The molecule has 1 aromatic carbocycles. The lowest BCUT2D eigenvalue weighted by atomic mass is 9.81. The van der Waals surface area contributed by atoms with E-state index in [9.17, 15) is 22.8 Å². The number of aryl methyl sites for hydroxylation is 2. The maximum absolute atomic E-state index is 14.2. The zero-order valence-corrected chi connectivity index (χ0v) is 29.2. The fourth-order valence-electron chi connectivity index (χ4n) is 6.16. The summed E-state index contributed by atoms with van der Waals surface area (Å²) < 4.78 is 33.9. The van der Waals surface area contributed by atoms with Crippen LogP contribution in [0.5, 0.6) is 5.88 Å². The highest BCUT2D eigenvalue weighted by atomic mass is 32.2. The lowest BCUT2D eigenvalue weighted by Crippen LogP contribution is -2.47. The van der Waals surface area contributed by atoms with Crippen LogP contribution in [0.3, 0.4) is 0 Å². The first-order valence-corrected chi connectivity index (χ1v) is 17.9. The molecule has 5 rings (SSSR count). The number of likely N-dealkylation sites (tertiary alicyclic amines) is 1. The van der Waals surface area contributed by atoms with Gasteiger partial charge in [-0.15, -0.1) is 6.58 Å². The Morgan fingerprint density at radius 2 is 1.78 bits per heavy atom. The molecule has 3 fully saturated rings. The van der Waals surface area contributed by atoms with E-state index in [0.29, 0.717) is 18.2 Å². The van der Waals surface area contributed by atoms with Gasteiger partial charge in [0.05, 0.1) is 34.2 Å². The van der Waals surface area contributed by atoms with Gasteiger partial charge in [-0.2, -0.15) is 4.98 Å². The Labute approximate surface area is 272 Å². The lowest BCUT2D eigenvalue weighted by molar-refractivity contribution is -0.144. The van der Waals surface area contributed by atoms with Gasteiger partial charge in [-0.3, -0.25) is 19.1 Å². The third-order valence-corrected chi connectivity index (χ3v) is 12.0. The van der Waals surface area contributed by atoms with Crippen LogP contribution in [0, 0.1) is 36.5 Å². The van der Waals surface area contributed by atoms with Crippen LogP contribution in [0.2, 0.25) is 0 Å². The van der Waals surface area contributed by atoms with E-state index in [-0.39, 0.29) is 48.3 Å². The number of fused-ring (bicyclic) bond motifs is 1. The van der Waals surface area contributed by atoms with Crippen molar-refractivity contribution in [3.63, 3.8) is 0 Å². The van der Waals surface area contributed by atoms with Crippen molar-refractivity contribution in [2.75, 3.05) is 6.54 Å². The second-order valence-electron chi connectivity index (χ2n) is 15.1. The molecule has 0 spiro atoms. The summed E-state index contributed by atoms with van der Waals surface area (Å²) in [6.07, 6.45) is 3.49. The average Bonchev–Trinajstić information content (AvgIpc) is 3.89. The van der Waals surface area contributed by atoms with Crippen LogP contribution in [0.4, 0.5) is 0 Å². The molecule has 2 heterocycles. The number of aromatic nitrogens is 2. The molecular weight excluding hydrogens is 604 g/mol. The van der Waals surface area contributed by atoms with E-state index in [1.807, 2.05) is 53.7 Å². The minimum absolute atomic E-state index is 0.161. The predicted molar refractivity (Wildman–Crippen MR) is 177 cm³/mol. The number of allylic oxidation sites excluding steroid dienone is 1. The number of carbonyl (C=O) groups is 3. The molecular formula is C35H48N4O6S. The molecule has 2 saturated carbocycles. The van der Waals surface area contributed by atoms with Gasteiger partial charge in [0.2, 0.25) is 27.7 Å². The summed E-state index contributed by atoms with van der Waals surface area (Å²) in [4.78, 5) is 52.8. The molecule has 1 aliphatic heterocycles. The van der Waals surface area contributed by atoms with Crippen molar-refractivity contribution in [2.45, 2.75) is 111 Å². The molecule has 11 heteroatoms. The highest BCUT2D eigenvalue weighted by Gasteiger charge is 2.61. The quantitative estimate of drug-likeness (QED) is 0.329. The summed E-state index contributed by atoms with van der Waals surface area (Å²) in [6, 6.07) is 3.23. The number of hydrogen-bond acceptors (Lipinski definition) is 8. The van der Waals surface area contributed by atoms with Gasteiger partial charge in [-0.1, -0.05) is 33.8 Å². The van der Waals surface area contributed by atoms with Crippen molar-refractivity contribution in [3.8, 4) is 5.88 Å². The third kappa shape index (κ3) is 6.57. The Morgan fingerprint density at radius 1 is 1.13 bits per heavy atom. The molecule has 3 unspecified atom stereocenters. The van der Waals surface area contributed by atoms with Gasteiger partial charge in [0.1, 0.15) is 11.9 Å². The lowest BCUT2D eigenvalue weighted by Gasteiger charge is -2.33. The molecule has 1 saturated heterocycles. The van der Waals surface area contributed by atoms with Gasteiger partial charge in [0.15, 0.2) is 5.78 Å². The summed E-state index contributed by atoms with van der Waals surface area (Å²) in [6.45, 7) is 18.9. The van der Waals surface area contributed by atoms with E-state index in [1.165, 1.54) is 13.8 Å². The monoisotopic (exact) mass is 652 g/mol. The van der Waals surface area contributed by atoms with Crippen LogP contribution in [0.15, 0.2) is 24.8 Å². The number of benzene rings is 1. The molecule has 1 aromatic heterocycles. The van der Waals surface area contributed by atoms with Crippen LogP contribution in [0.1, 0.15) is 96.5 Å². The van der Waals surface area contributed by atoms with E-state index >= 15 is 0 Å². The Hall–Kier alpha value is -3.34. The zero-order valence-electron chi connectivity index (χ0n) is 28.3. The number of hydrogen-bond donors (Lipinski definition) is 1. The number of ketones is 1. The summed E-state index contributed by atoms with van der Waals surface area (Å²) in [5.41, 5.74) is 1.44. The van der Waals surface area contributed by atoms with Gasteiger partial charge >= 0.3 is 0 Å². The predicted octanol–water partition coefficient (Wildman–Crippen LogP) is 5.16. The largest absolute Gasteiger partial charge is 0.472 e. The van der Waals surface area contributed by atoms with Crippen LogP contribution in [-0.4, -0.2) is 64.8 Å². The first-order valence-electron chi connectivity index (χ1n) is 16.3. The van der Waals surface area contributed by atoms with E-state index in [0.717, 1.165) is 40.7 Å². The Bertz CT molecular complexity index is 1690. The van der Waals surface area contributed by atoms with E-state index < -0.39 is 38.7 Å². The van der Waals surface area contributed by atoms with Gasteiger partial charge in [0, 0.05) is 24.7 Å². The molecule has 250 valence electrons. The zero-order chi connectivity index (χ0) is 33.9. The van der Waals surface area contributed by atoms with Crippen molar-refractivity contribution in [2.24, 2.45) is 22.7 Å². The van der Waals surface area contributed by atoms with Gasteiger partial charge < -0.3 is 9.64 Å². The second kappa shape index (κ2) is 12.0. The summed E-state index contributed by atoms with van der Waals surface area (Å²) >= 11 is 0. The van der Waals surface area contributed by atoms with Crippen LogP contribution >= 0.6 is 0 Å². The van der Waals surface area contributed by atoms with E-state index in [4.69, 9.17) is 14.7 Å². The number of ether oxygens (including phenoxy) is 1. The Morgan fingerprint density at radius 3 is 2.35 bits per heavy atom. The molecule has 2 aromatic rings. The molecule has 0 bridgehead atoms. The maximum Gasteiger partial charge on any atom is 0.240 e. The number of Topliss-reactive ketones (excluding diaryl/α,β-unsaturated/α-hetero) is 1. The SMILES string of the molecule is C=CC1CC1(CC(=O)C1C[C@@H](Oc2nc(C3CC3)nc3cc(C)c(C)cc23)CN1C(=O)[C@@H](C)C(C)(C)C)C(=O)NS(=O)(=O)C(C)C. The molecule has 5 atom stereocenters. The fraction of sp³-hybridized carbons (Fsp3) is 0.629. The van der Waals surface area contributed by atoms with Crippen LogP contribution < -0.4 is 9.46 Å². The summed E-state index contributed by atoms with van der Waals surface area (Å²) in [5, 5.41) is -0.0205. The number of sulfonamides is 1. The molecule has 3 aliphatic rings. The highest BCUT2D eigenvalue weighted by molar-refractivity contribution is 7.90. The van der Waals surface area contributed by atoms with Crippen molar-refractivity contribution in [1.82, 2.24) is 19.6 Å². The molecule has 0 radical (unpaired) electrons. The fourth-order valence-corrected chi connectivity index (χ4v) is 6.86. The first kappa shape index (κ1) is 34.0. The molecule has 46 heavy (non-hydrogen) atoms. The summed E-state index contributed by atoms with van der Waals surface area (Å²) in [5.74, 6) is -0.376. The summed E-state index contributed by atoms with van der Waals surface area (Å²) in [7, 11) is -3.89.